The molecular formula is C10H20N2O3. The second kappa shape index (κ2) is 8.08. The second-order valence-corrected chi connectivity index (χ2v) is 3.59. The maximum Gasteiger partial charge on any atom is 0.314 e. The van der Waals surface area contributed by atoms with E-state index in [1.165, 1.54) is 0 Å². The Bertz CT molecular complexity index is 205. The predicted molar refractivity (Wildman–Crippen MR) is 57.5 cm³/mol. The Kier molecular flexibility index (Phi) is 7.40. The molecule has 0 radical (unpaired) electrons. The quantitative estimate of drug-likeness (QED) is 0.648. The van der Waals surface area contributed by atoms with Gasteiger partial charge in [-0.3, -0.25) is 4.79 Å². The summed E-state index contributed by atoms with van der Waals surface area (Å²) in [6.07, 6.45) is 0.211. The highest BCUT2D eigenvalue weighted by Crippen LogP contribution is 1.87. The molecule has 0 bridgehead atoms. The van der Waals surface area contributed by atoms with E-state index in [-0.39, 0.29) is 18.4 Å². The summed E-state index contributed by atoms with van der Waals surface area (Å²) in [4.78, 5) is 22.0. The van der Waals surface area contributed by atoms with E-state index < -0.39 is 0 Å². The number of carbonyl (C=O) groups is 2. The van der Waals surface area contributed by atoms with Crippen LogP contribution in [0, 0.1) is 5.92 Å². The number of rotatable bonds is 6. The van der Waals surface area contributed by atoms with Gasteiger partial charge in [0.1, 0.15) is 0 Å². The summed E-state index contributed by atoms with van der Waals surface area (Å²) in [6, 6.07) is -0.243. The third-order valence-corrected chi connectivity index (χ3v) is 1.59. The fourth-order valence-electron chi connectivity index (χ4n) is 0.871. The number of urea groups is 1. The van der Waals surface area contributed by atoms with Gasteiger partial charge >= 0.3 is 12.0 Å². The first-order valence-corrected chi connectivity index (χ1v) is 5.23. The van der Waals surface area contributed by atoms with E-state index in [2.05, 4.69) is 10.6 Å². The molecule has 0 rings (SSSR count). The van der Waals surface area contributed by atoms with E-state index in [1.54, 1.807) is 6.92 Å². The van der Waals surface area contributed by atoms with Gasteiger partial charge in [-0.25, -0.2) is 4.79 Å². The number of esters is 1. The van der Waals surface area contributed by atoms with Crippen molar-refractivity contribution in [3.63, 3.8) is 0 Å². The molecule has 0 fully saturated rings. The highest BCUT2D eigenvalue weighted by atomic mass is 16.5. The van der Waals surface area contributed by atoms with Crippen LogP contribution in [0.2, 0.25) is 0 Å². The van der Waals surface area contributed by atoms with Crippen molar-refractivity contribution in [3.8, 4) is 0 Å². The Balaban J connectivity index is 3.42. The first-order chi connectivity index (χ1) is 7.06. The maximum atomic E-state index is 11.1. The molecule has 0 aliphatic rings. The predicted octanol–water partition coefficient (Wildman–Crippen LogP) is 0.895. The van der Waals surface area contributed by atoms with Crippen molar-refractivity contribution in [1.82, 2.24) is 10.6 Å². The van der Waals surface area contributed by atoms with Gasteiger partial charge in [0.2, 0.25) is 0 Å². The van der Waals surface area contributed by atoms with Gasteiger partial charge in [0.05, 0.1) is 13.0 Å². The lowest BCUT2D eigenvalue weighted by Gasteiger charge is -2.08. The highest BCUT2D eigenvalue weighted by molar-refractivity contribution is 5.75. The molecule has 0 spiro atoms. The van der Waals surface area contributed by atoms with E-state index >= 15 is 0 Å². The number of hydrogen-bond donors (Lipinski definition) is 2. The molecule has 0 heterocycles. The minimum atomic E-state index is -0.290. The summed E-state index contributed by atoms with van der Waals surface area (Å²) >= 11 is 0. The van der Waals surface area contributed by atoms with Gasteiger partial charge in [-0.15, -0.1) is 0 Å². The maximum absolute atomic E-state index is 11.1. The molecule has 0 aromatic heterocycles. The smallest absolute Gasteiger partial charge is 0.314 e. The zero-order chi connectivity index (χ0) is 11.7. The first-order valence-electron chi connectivity index (χ1n) is 5.23. The Morgan fingerprint density at radius 2 is 1.93 bits per heavy atom. The molecule has 5 heteroatoms. The van der Waals surface area contributed by atoms with Crippen molar-refractivity contribution in [2.75, 3.05) is 19.7 Å². The Hall–Kier alpha value is -1.26. The van der Waals surface area contributed by atoms with Crippen LogP contribution in [0.5, 0.6) is 0 Å². The van der Waals surface area contributed by atoms with Gasteiger partial charge in [-0.2, -0.15) is 0 Å². The molecule has 15 heavy (non-hydrogen) atoms. The molecule has 2 amide bonds. The number of nitrogens with one attached hydrogen (secondary N) is 2. The fraction of sp³-hybridized carbons (Fsp3) is 0.800. The molecule has 0 saturated heterocycles. The molecule has 0 aromatic carbocycles. The van der Waals surface area contributed by atoms with Crippen LogP contribution in [0.4, 0.5) is 4.79 Å². The lowest BCUT2D eigenvalue weighted by Crippen LogP contribution is -2.38. The summed E-state index contributed by atoms with van der Waals surface area (Å²) in [5.74, 6) is 0.127. The molecule has 0 unspecified atom stereocenters. The van der Waals surface area contributed by atoms with Crippen molar-refractivity contribution < 1.29 is 14.3 Å². The third-order valence-electron chi connectivity index (χ3n) is 1.59. The SMILES string of the molecule is CCOC(=O)CCNC(=O)NCC(C)C. The van der Waals surface area contributed by atoms with Crippen molar-refractivity contribution in [2.24, 2.45) is 5.92 Å². The van der Waals surface area contributed by atoms with Crippen LogP contribution in [0.3, 0.4) is 0 Å². The summed E-state index contributed by atoms with van der Waals surface area (Å²) in [5.41, 5.74) is 0. The van der Waals surface area contributed by atoms with E-state index in [9.17, 15) is 9.59 Å². The van der Waals surface area contributed by atoms with Crippen LogP contribution in [-0.4, -0.2) is 31.7 Å². The summed E-state index contributed by atoms with van der Waals surface area (Å²) in [6.45, 7) is 7.09. The molecule has 2 N–H and O–H groups in total. The van der Waals surface area contributed by atoms with Crippen LogP contribution in [-0.2, 0) is 9.53 Å². The van der Waals surface area contributed by atoms with Crippen molar-refractivity contribution in [3.05, 3.63) is 0 Å². The van der Waals surface area contributed by atoms with Gasteiger partial charge in [0, 0.05) is 13.1 Å². The van der Waals surface area contributed by atoms with Crippen LogP contribution >= 0.6 is 0 Å². The van der Waals surface area contributed by atoms with Crippen molar-refractivity contribution in [2.45, 2.75) is 27.2 Å². The largest absolute Gasteiger partial charge is 0.466 e. The average Bonchev–Trinajstić information content (AvgIpc) is 2.15. The van der Waals surface area contributed by atoms with Crippen LogP contribution in [0.1, 0.15) is 27.2 Å². The highest BCUT2D eigenvalue weighted by Gasteiger charge is 2.04. The molecule has 0 aromatic rings. The summed E-state index contributed by atoms with van der Waals surface area (Å²) in [5, 5.41) is 5.26. The van der Waals surface area contributed by atoms with E-state index in [4.69, 9.17) is 4.74 Å². The zero-order valence-electron chi connectivity index (χ0n) is 9.63. The van der Waals surface area contributed by atoms with Crippen molar-refractivity contribution in [1.29, 1.82) is 0 Å². The van der Waals surface area contributed by atoms with Gasteiger partial charge in [-0.05, 0) is 12.8 Å². The minimum Gasteiger partial charge on any atom is -0.466 e. The molecular weight excluding hydrogens is 196 g/mol. The standard InChI is InChI=1S/C10H20N2O3/c1-4-15-9(13)5-6-11-10(14)12-7-8(2)3/h8H,4-7H2,1-3H3,(H2,11,12,14). The topological polar surface area (TPSA) is 67.4 Å². The first kappa shape index (κ1) is 13.7. The Morgan fingerprint density at radius 3 is 2.47 bits per heavy atom. The Morgan fingerprint density at radius 1 is 1.27 bits per heavy atom. The van der Waals surface area contributed by atoms with Crippen LogP contribution in [0.15, 0.2) is 0 Å². The third kappa shape index (κ3) is 9.05. The van der Waals surface area contributed by atoms with Crippen LogP contribution < -0.4 is 10.6 Å². The van der Waals surface area contributed by atoms with Crippen LogP contribution in [0.25, 0.3) is 0 Å². The van der Waals surface area contributed by atoms with Gasteiger partial charge in [0.15, 0.2) is 0 Å². The zero-order valence-corrected chi connectivity index (χ0v) is 9.63. The second-order valence-electron chi connectivity index (χ2n) is 3.59. The number of ether oxygens (including phenoxy) is 1. The van der Waals surface area contributed by atoms with Crippen molar-refractivity contribution >= 4 is 12.0 Å². The average molecular weight is 216 g/mol. The summed E-state index contributed by atoms with van der Waals surface area (Å²) in [7, 11) is 0. The number of amides is 2. The molecule has 88 valence electrons. The van der Waals surface area contributed by atoms with E-state index in [0.717, 1.165) is 0 Å². The monoisotopic (exact) mass is 216 g/mol. The fourth-order valence-corrected chi connectivity index (χ4v) is 0.871. The van der Waals surface area contributed by atoms with Gasteiger partial charge < -0.3 is 15.4 Å². The lowest BCUT2D eigenvalue weighted by atomic mass is 10.2. The molecule has 0 aliphatic heterocycles. The molecule has 5 nitrogen and oxygen atoms in total. The number of hydrogen-bond acceptors (Lipinski definition) is 3. The lowest BCUT2D eigenvalue weighted by molar-refractivity contribution is -0.142. The van der Waals surface area contributed by atoms with E-state index in [0.29, 0.717) is 25.6 Å². The van der Waals surface area contributed by atoms with Gasteiger partial charge in [-0.1, -0.05) is 13.8 Å². The summed E-state index contributed by atoms with van der Waals surface area (Å²) < 4.78 is 4.71. The Labute approximate surface area is 90.6 Å². The molecule has 0 aliphatic carbocycles. The minimum absolute atomic E-state index is 0.211. The van der Waals surface area contributed by atoms with E-state index in [1.807, 2.05) is 13.8 Å². The normalized spacial score (nSPS) is 9.87. The van der Waals surface area contributed by atoms with Gasteiger partial charge in [0.25, 0.3) is 0 Å². The number of carbonyl (C=O) groups excluding carboxylic acids is 2. The molecule has 0 saturated carbocycles. The molecule has 0 atom stereocenters.